The highest BCUT2D eigenvalue weighted by Gasteiger charge is 2.22. The Morgan fingerprint density at radius 3 is 2.42 bits per heavy atom. The number of allylic oxidation sites excluding steroid dienone is 2. The molecule has 31 heavy (non-hydrogen) atoms. The summed E-state index contributed by atoms with van der Waals surface area (Å²) in [5, 5.41) is 11.5. The van der Waals surface area contributed by atoms with Gasteiger partial charge >= 0.3 is 0 Å². The summed E-state index contributed by atoms with van der Waals surface area (Å²) in [5.74, 6) is 1.85. The molecule has 1 atom stereocenters. The SMILES string of the molecule is COc1ccc2c(C(=O)C3=CCC(O)C=C3)c(-c3ccc(OC)c(OC)c3)ccc2c1. The number of rotatable bonds is 6. The molecule has 3 aromatic carbocycles. The number of methoxy groups -OCH3 is 3. The highest BCUT2D eigenvalue weighted by atomic mass is 16.5. The Hall–Kier alpha value is -3.57. The first-order valence-corrected chi connectivity index (χ1v) is 10.00. The van der Waals surface area contributed by atoms with Crippen molar-refractivity contribution in [3.63, 3.8) is 0 Å². The van der Waals surface area contributed by atoms with E-state index in [0.29, 0.717) is 29.1 Å². The molecule has 1 N–H and O–H groups in total. The lowest BCUT2D eigenvalue weighted by Crippen LogP contribution is -2.11. The van der Waals surface area contributed by atoms with Crippen LogP contribution in [0.5, 0.6) is 17.2 Å². The number of hydrogen-bond acceptors (Lipinski definition) is 5. The van der Waals surface area contributed by atoms with Crippen molar-refractivity contribution in [1.29, 1.82) is 0 Å². The molecule has 0 radical (unpaired) electrons. The monoisotopic (exact) mass is 416 g/mol. The quantitative estimate of drug-likeness (QED) is 0.575. The van der Waals surface area contributed by atoms with Crippen LogP contribution in [0.2, 0.25) is 0 Å². The van der Waals surface area contributed by atoms with Gasteiger partial charge in [0.2, 0.25) is 0 Å². The summed E-state index contributed by atoms with van der Waals surface area (Å²) in [6.45, 7) is 0. The number of aliphatic hydroxyl groups is 1. The molecule has 0 saturated carbocycles. The van der Waals surface area contributed by atoms with E-state index in [1.807, 2.05) is 48.5 Å². The van der Waals surface area contributed by atoms with Gasteiger partial charge in [-0.25, -0.2) is 0 Å². The number of carbonyl (C=O) groups is 1. The van der Waals surface area contributed by atoms with Crippen molar-refractivity contribution >= 4 is 16.6 Å². The first-order chi connectivity index (χ1) is 15.0. The van der Waals surface area contributed by atoms with Gasteiger partial charge in [-0.05, 0) is 58.7 Å². The fourth-order valence-corrected chi connectivity index (χ4v) is 3.85. The average Bonchev–Trinajstić information content (AvgIpc) is 2.82. The highest BCUT2D eigenvalue weighted by Crippen LogP contribution is 2.38. The lowest BCUT2D eigenvalue weighted by atomic mass is 9.87. The molecule has 0 aromatic heterocycles. The molecule has 0 fully saturated rings. The van der Waals surface area contributed by atoms with E-state index < -0.39 is 6.10 Å². The summed E-state index contributed by atoms with van der Waals surface area (Å²) >= 11 is 0. The standard InChI is InChI=1S/C26H24O5/c1-29-20-10-12-22-17(14-20)6-11-21(18-7-13-23(30-2)24(15-18)31-3)25(22)26(28)16-4-8-19(27)9-5-16/h4-8,10-15,19,27H,9H2,1-3H3. The third kappa shape index (κ3) is 3.92. The molecule has 5 nitrogen and oxygen atoms in total. The van der Waals surface area contributed by atoms with Crippen LogP contribution in [0.15, 0.2) is 72.3 Å². The van der Waals surface area contributed by atoms with Crippen molar-refractivity contribution in [2.75, 3.05) is 21.3 Å². The molecule has 5 heteroatoms. The minimum Gasteiger partial charge on any atom is -0.497 e. The van der Waals surface area contributed by atoms with E-state index in [2.05, 4.69) is 0 Å². The Morgan fingerprint density at radius 2 is 1.74 bits per heavy atom. The summed E-state index contributed by atoms with van der Waals surface area (Å²) in [4.78, 5) is 13.7. The maximum Gasteiger partial charge on any atom is 0.193 e. The van der Waals surface area contributed by atoms with E-state index >= 15 is 0 Å². The van der Waals surface area contributed by atoms with Crippen molar-refractivity contribution in [2.45, 2.75) is 12.5 Å². The van der Waals surface area contributed by atoms with Gasteiger partial charge in [-0.15, -0.1) is 0 Å². The Bertz CT molecular complexity index is 1210. The fraction of sp³-hybridized carbons (Fsp3) is 0.192. The maximum absolute atomic E-state index is 13.7. The largest absolute Gasteiger partial charge is 0.497 e. The van der Waals surface area contributed by atoms with Gasteiger partial charge in [0.05, 0.1) is 27.4 Å². The lowest BCUT2D eigenvalue weighted by molar-refractivity contribution is 0.103. The Balaban J connectivity index is 1.94. The van der Waals surface area contributed by atoms with Crippen LogP contribution in [0.25, 0.3) is 21.9 Å². The van der Waals surface area contributed by atoms with Crippen LogP contribution in [-0.2, 0) is 0 Å². The van der Waals surface area contributed by atoms with Crippen molar-refractivity contribution in [3.8, 4) is 28.4 Å². The minimum atomic E-state index is -0.557. The number of ketones is 1. The third-order valence-corrected chi connectivity index (χ3v) is 5.49. The van der Waals surface area contributed by atoms with Crippen LogP contribution in [0.4, 0.5) is 0 Å². The number of hydrogen-bond donors (Lipinski definition) is 1. The van der Waals surface area contributed by atoms with Crippen molar-refractivity contribution in [2.24, 2.45) is 0 Å². The highest BCUT2D eigenvalue weighted by molar-refractivity contribution is 6.21. The normalized spacial score (nSPS) is 15.5. The molecule has 3 aromatic rings. The Kier molecular flexibility index (Phi) is 5.78. The average molecular weight is 416 g/mol. The summed E-state index contributed by atoms with van der Waals surface area (Å²) in [7, 11) is 4.80. The van der Waals surface area contributed by atoms with Crippen LogP contribution in [0.1, 0.15) is 16.8 Å². The van der Waals surface area contributed by atoms with Gasteiger partial charge in [-0.1, -0.05) is 36.4 Å². The first kappa shape index (κ1) is 20.7. The predicted molar refractivity (Wildman–Crippen MR) is 121 cm³/mol. The van der Waals surface area contributed by atoms with E-state index in [-0.39, 0.29) is 5.78 Å². The van der Waals surface area contributed by atoms with Crippen LogP contribution >= 0.6 is 0 Å². The second-order valence-corrected chi connectivity index (χ2v) is 7.30. The number of benzene rings is 3. The fourth-order valence-electron chi connectivity index (χ4n) is 3.85. The van der Waals surface area contributed by atoms with Crippen molar-refractivity contribution in [1.82, 2.24) is 0 Å². The minimum absolute atomic E-state index is 0.0938. The van der Waals surface area contributed by atoms with E-state index in [9.17, 15) is 9.90 Å². The molecule has 1 aliphatic rings. The molecule has 4 rings (SSSR count). The Morgan fingerprint density at radius 1 is 0.935 bits per heavy atom. The molecule has 158 valence electrons. The topological polar surface area (TPSA) is 65.0 Å². The predicted octanol–water partition coefficient (Wildman–Crippen LogP) is 4.96. The summed E-state index contributed by atoms with van der Waals surface area (Å²) in [6.07, 6.45) is 4.99. The second-order valence-electron chi connectivity index (χ2n) is 7.30. The summed E-state index contributed by atoms with van der Waals surface area (Å²) < 4.78 is 16.2. The molecule has 1 aliphatic carbocycles. The van der Waals surface area contributed by atoms with Crippen LogP contribution in [-0.4, -0.2) is 38.3 Å². The number of fused-ring (bicyclic) bond motifs is 1. The van der Waals surface area contributed by atoms with Gasteiger partial charge in [0.1, 0.15) is 5.75 Å². The van der Waals surface area contributed by atoms with E-state index in [1.54, 1.807) is 39.6 Å². The molecule has 0 amide bonds. The summed E-state index contributed by atoms with van der Waals surface area (Å²) in [6, 6.07) is 15.2. The van der Waals surface area contributed by atoms with Gasteiger partial charge in [-0.2, -0.15) is 0 Å². The number of ether oxygens (including phenoxy) is 3. The van der Waals surface area contributed by atoms with Gasteiger partial charge in [0.25, 0.3) is 0 Å². The number of carbonyl (C=O) groups excluding carboxylic acids is 1. The zero-order valence-electron chi connectivity index (χ0n) is 17.7. The molecule has 0 heterocycles. The van der Waals surface area contributed by atoms with Gasteiger partial charge in [0, 0.05) is 11.1 Å². The number of Topliss-reactive ketones (excluding diaryl/α,β-unsaturated/α-hetero) is 1. The van der Waals surface area contributed by atoms with Crippen molar-refractivity contribution in [3.05, 3.63) is 77.9 Å². The van der Waals surface area contributed by atoms with E-state index in [4.69, 9.17) is 14.2 Å². The van der Waals surface area contributed by atoms with Gasteiger partial charge in [0.15, 0.2) is 17.3 Å². The van der Waals surface area contributed by atoms with Crippen LogP contribution in [0, 0.1) is 0 Å². The molecular weight excluding hydrogens is 392 g/mol. The molecular formula is C26H24O5. The molecule has 0 spiro atoms. The van der Waals surface area contributed by atoms with Gasteiger partial charge in [-0.3, -0.25) is 4.79 Å². The lowest BCUT2D eigenvalue weighted by Gasteiger charge is -2.17. The molecule has 0 bridgehead atoms. The van der Waals surface area contributed by atoms with E-state index in [1.165, 1.54) is 0 Å². The van der Waals surface area contributed by atoms with Crippen LogP contribution in [0.3, 0.4) is 0 Å². The van der Waals surface area contributed by atoms with Crippen molar-refractivity contribution < 1.29 is 24.1 Å². The molecule has 0 aliphatic heterocycles. The Labute approximate surface area is 181 Å². The molecule has 1 unspecified atom stereocenters. The third-order valence-electron chi connectivity index (χ3n) is 5.49. The zero-order chi connectivity index (χ0) is 22.0. The first-order valence-electron chi connectivity index (χ1n) is 10.00. The van der Waals surface area contributed by atoms with Crippen LogP contribution < -0.4 is 14.2 Å². The smallest absolute Gasteiger partial charge is 0.193 e. The summed E-state index contributed by atoms with van der Waals surface area (Å²) in [5.41, 5.74) is 2.80. The zero-order valence-corrected chi connectivity index (χ0v) is 17.7. The van der Waals surface area contributed by atoms with E-state index in [0.717, 1.165) is 27.6 Å². The maximum atomic E-state index is 13.7. The second kappa shape index (κ2) is 8.66. The number of aliphatic hydroxyl groups excluding tert-OH is 1. The van der Waals surface area contributed by atoms with Gasteiger partial charge < -0.3 is 19.3 Å². The molecule has 0 saturated heterocycles.